The zero-order chi connectivity index (χ0) is 17.2. The lowest BCUT2D eigenvalue weighted by molar-refractivity contribution is 0.156. The van der Waals surface area contributed by atoms with Gasteiger partial charge in [-0.25, -0.2) is 0 Å². The molecular formula is C20H20O4. The second kappa shape index (κ2) is 4.69. The molecule has 2 aromatic carbocycles. The Morgan fingerprint density at radius 2 is 1.79 bits per heavy atom. The fourth-order valence-corrected chi connectivity index (χ4v) is 3.73. The molecule has 4 heteroatoms. The maximum atomic E-state index is 10.3. The maximum Gasteiger partial charge on any atom is 0.161 e. The largest absolute Gasteiger partial charge is 0.508 e. The molecule has 3 N–H and O–H groups in total. The van der Waals surface area contributed by atoms with E-state index < -0.39 is 5.60 Å². The first-order valence-electron chi connectivity index (χ1n) is 8.10. The van der Waals surface area contributed by atoms with Gasteiger partial charge in [0.25, 0.3) is 0 Å². The van der Waals surface area contributed by atoms with Gasteiger partial charge in [0.05, 0.1) is 0 Å². The monoisotopic (exact) mass is 324 g/mol. The van der Waals surface area contributed by atoms with Gasteiger partial charge in [-0.1, -0.05) is 6.07 Å². The van der Waals surface area contributed by atoms with E-state index in [9.17, 15) is 15.3 Å². The van der Waals surface area contributed by atoms with Crippen molar-refractivity contribution in [1.29, 1.82) is 0 Å². The second-order valence-electron chi connectivity index (χ2n) is 7.11. The van der Waals surface area contributed by atoms with Gasteiger partial charge in [-0.15, -0.1) is 0 Å². The third kappa shape index (κ3) is 1.99. The summed E-state index contributed by atoms with van der Waals surface area (Å²) in [5, 5.41) is 30.5. The third-order valence-corrected chi connectivity index (χ3v) is 4.91. The van der Waals surface area contributed by atoms with Crippen molar-refractivity contribution < 1.29 is 20.1 Å². The summed E-state index contributed by atoms with van der Waals surface area (Å²) in [6.07, 6.45) is 3.29. The van der Waals surface area contributed by atoms with Gasteiger partial charge in [-0.05, 0) is 68.5 Å². The number of ether oxygens (including phenoxy) is 1. The van der Waals surface area contributed by atoms with Gasteiger partial charge in [-0.3, -0.25) is 0 Å². The summed E-state index contributed by atoms with van der Waals surface area (Å²) in [6, 6.07) is 5.15. The number of benzene rings is 2. The average molecular weight is 324 g/mol. The molecule has 1 heterocycles. The number of aromatic hydroxyl groups is 3. The number of hydrogen-bond acceptors (Lipinski definition) is 4. The first kappa shape index (κ1) is 14.9. The quantitative estimate of drug-likeness (QED) is 0.645. The molecular weight excluding hydrogens is 304 g/mol. The highest BCUT2D eigenvalue weighted by atomic mass is 16.5. The Morgan fingerprint density at radius 3 is 2.54 bits per heavy atom. The number of phenolic OH excluding ortho intramolecular Hbond substituents is 3. The number of rotatable bonds is 0. The highest BCUT2D eigenvalue weighted by Crippen LogP contribution is 2.50. The van der Waals surface area contributed by atoms with E-state index in [1.54, 1.807) is 6.07 Å². The van der Waals surface area contributed by atoms with Crippen LogP contribution in [-0.2, 0) is 12.8 Å². The van der Waals surface area contributed by atoms with Crippen LogP contribution < -0.4 is 4.74 Å². The summed E-state index contributed by atoms with van der Waals surface area (Å²) in [7, 11) is 0. The summed E-state index contributed by atoms with van der Waals surface area (Å²) < 4.78 is 6.15. The van der Waals surface area contributed by atoms with Crippen LogP contribution in [0.15, 0.2) is 24.3 Å². The smallest absolute Gasteiger partial charge is 0.161 e. The number of hydrogen-bond donors (Lipinski definition) is 3. The van der Waals surface area contributed by atoms with E-state index in [0.29, 0.717) is 18.6 Å². The van der Waals surface area contributed by atoms with E-state index >= 15 is 0 Å². The molecule has 2 aliphatic rings. The van der Waals surface area contributed by atoms with Gasteiger partial charge in [0.2, 0.25) is 0 Å². The normalized spacial score (nSPS) is 17.2. The van der Waals surface area contributed by atoms with Gasteiger partial charge >= 0.3 is 0 Å². The lowest BCUT2D eigenvalue weighted by Crippen LogP contribution is -2.30. The number of phenols is 3. The summed E-state index contributed by atoms with van der Waals surface area (Å²) in [4.78, 5) is 0. The van der Waals surface area contributed by atoms with Crippen LogP contribution in [-0.4, -0.2) is 20.9 Å². The Balaban J connectivity index is 2.10. The minimum Gasteiger partial charge on any atom is -0.508 e. The molecule has 1 aliphatic carbocycles. The van der Waals surface area contributed by atoms with E-state index in [1.807, 2.05) is 26.8 Å². The van der Waals surface area contributed by atoms with E-state index in [4.69, 9.17) is 4.74 Å². The SMILES string of the molecule is Cc1c(O)cc2c3c1OC(C)(C)C=C3c1ccc(O)c(O)c1CC2. The molecule has 2 aromatic rings. The molecule has 0 spiro atoms. The van der Waals surface area contributed by atoms with Gasteiger partial charge in [0.15, 0.2) is 11.5 Å². The molecule has 0 aromatic heterocycles. The molecule has 0 atom stereocenters. The number of fused-ring (bicyclic) bond motifs is 2. The Kier molecular flexibility index (Phi) is 2.92. The van der Waals surface area contributed by atoms with Crippen molar-refractivity contribution in [3.8, 4) is 23.0 Å². The molecule has 1 aliphatic heterocycles. The van der Waals surface area contributed by atoms with Gasteiger partial charge < -0.3 is 20.1 Å². The van der Waals surface area contributed by atoms with E-state index in [2.05, 4.69) is 6.08 Å². The van der Waals surface area contributed by atoms with Crippen molar-refractivity contribution in [1.82, 2.24) is 0 Å². The van der Waals surface area contributed by atoms with Crippen LogP contribution in [0.1, 0.15) is 41.7 Å². The van der Waals surface area contributed by atoms with Gasteiger partial charge in [-0.2, -0.15) is 0 Å². The van der Waals surface area contributed by atoms with Crippen LogP contribution >= 0.6 is 0 Å². The van der Waals surface area contributed by atoms with Crippen LogP contribution in [0.3, 0.4) is 0 Å². The molecule has 0 unspecified atom stereocenters. The molecule has 0 amide bonds. The first-order valence-corrected chi connectivity index (χ1v) is 8.10. The minimum atomic E-state index is -0.534. The highest BCUT2D eigenvalue weighted by Gasteiger charge is 2.34. The van der Waals surface area contributed by atoms with Crippen LogP contribution in [0, 0.1) is 6.92 Å². The zero-order valence-electron chi connectivity index (χ0n) is 14.0. The molecule has 0 saturated carbocycles. The summed E-state index contributed by atoms with van der Waals surface area (Å²) >= 11 is 0. The highest BCUT2D eigenvalue weighted by molar-refractivity contribution is 5.90. The van der Waals surface area contributed by atoms with E-state index in [0.717, 1.165) is 33.4 Å². The standard InChI is InChI=1S/C20H20O4/c1-10-16(22)8-11-4-5-13-12(6-7-15(21)18(13)23)14-9-20(2,3)24-19(10)17(11)14/h6-9,21-23H,4-5H2,1-3H3. The van der Waals surface area contributed by atoms with Crippen molar-refractivity contribution >= 4 is 5.57 Å². The molecule has 0 radical (unpaired) electrons. The third-order valence-electron chi connectivity index (χ3n) is 4.91. The van der Waals surface area contributed by atoms with E-state index in [1.165, 1.54) is 6.07 Å². The summed E-state index contributed by atoms with van der Waals surface area (Å²) in [5.74, 6) is 0.755. The molecule has 0 fully saturated rings. The number of aryl methyl sites for hydroxylation is 1. The fourth-order valence-electron chi connectivity index (χ4n) is 3.73. The predicted octanol–water partition coefficient (Wildman–Crippen LogP) is 3.81. The lowest BCUT2D eigenvalue weighted by atomic mass is 9.86. The Morgan fingerprint density at radius 1 is 1.04 bits per heavy atom. The van der Waals surface area contributed by atoms with Crippen molar-refractivity contribution in [3.05, 3.63) is 52.1 Å². The van der Waals surface area contributed by atoms with Gasteiger partial charge in [0.1, 0.15) is 17.1 Å². The first-order chi connectivity index (χ1) is 11.3. The lowest BCUT2D eigenvalue weighted by Gasteiger charge is -2.33. The summed E-state index contributed by atoms with van der Waals surface area (Å²) in [6.45, 7) is 5.79. The minimum absolute atomic E-state index is 0.0620. The fraction of sp³-hybridized carbons (Fsp3) is 0.300. The van der Waals surface area contributed by atoms with Crippen LogP contribution in [0.4, 0.5) is 0 Å². The Bertz CT molecular complexity index is 907. The van der Waals surface area contributed by atoms with E-state index in [-0.39, 0.29) is 17.2 Å². The van der Waals surface area contributed by atoms with Crippen LogP contribution in [0.2, 0.25) is 0 Å². The second-order valence-corrected chi connectivity index (χ2v) is 7.11. The Hall–Kier alpha value is -2.62. The molecule has 0 saturated heterocycles. The average Bonchev–Trinajstić information content (AvgIpc) is 2.65. The summed E-state index contributed by atoms with van der Waals surface area (Å²) in [5.41, 5.74) is 4.79. The zero-order valence-corrected chi connectivity index (χ0v) is 14.0. The molecule has 0 bridgehead atoms. The maximum absolute atomic E-state index is 10.3. The Labute approximate surface area is 140 Å². The molecule has 4 nitrogen and oxygen atoms in total. The van der Waals surface area contributed by atoms with Crippen LogP contribution in [0.25, 0.3) is 5.57 Å². The van der Waals surface area contributed by atoms with Crippen LogP contribution in [0.5, 0.6) is 23.0 Å². The predicted molar refractivity (Wildman–Crippen MR) is 91.8 cm³/mol. The van der Waals surface area contributed by atoms with Crippen molar-refractivity contribution in [2.24, 2.45) is 0 Å². The topological polar surface area (TPSA) is 69.9 Å². The van der Waals surface area contributed by atoms with Crippen molar-refractivity contribution in [3.63, 3.8) is 0 Å². The molecule has 24 heavy (non-hydrogen) atoms. The van der Waals surface area contributed by atoms with Crippen molar-refractivity contribution in [2.45, 2.75) is 39.2 Å². The molecule has 4 rings (SSSR count). The van der Waals surface area contributed by atoms with Crippen molar-refractivity contribution in [2.75, 3.05) is 0 Å². The molecule has 124 valence electrons. The van der Waals surface area contributed by atoms with Gasteiger partial charge in [0, 0.05) is 16.7 Å².